The molecule has 1 atom stereocenters. The average molecular weight is 234 g/mol. The summed E-state index contributed by atoms with van der Waals surface area (Å²) in [6.07, 6.45) is 3.73. The topological polar surface area (TPSA) is 69.9 Å². The number of hydrogen-bond donors (Lipinski definition) is 1. The van der Waals surface area contributed by atoms with Gasteiger partial charge in [0.1, 0.15) is 5.69 Å². The van der Waals surface area contributed by atoms with Crippen LogP contribution < -0.4 is 5.73 Å². The molecule has 2 aromatic heterocycles. The van der Waals surface area contributed by atoms with Crippen molar-refractivity contribution in [1.82, 2.24) is 14.9 Å². The summed E-state index contributed by atoms with van der Waals surface area (Å²) < 4.78 is 7.10. The Bertz CT molecular complexity index is 500. The molecule has 0 fully saturated rings. The first-order chi connectivity index (χ1) is 8.13. The van der Waals surface area contributed by atoms with Crippen LogP contribution in [-0.2, 0) is 7.05 Å². The SMILES string of the molecule is CCCC(N)c1cc(-c2cnn(C)c2C)no1. The van der Waals surface area contributed by atoms with Crippen LogP contribution in [0.25, 0.3) is 11.3 Å². The molecule has 17 heavy (non-hydrogen) atoms. The van der Waals surface area contributed by atoms with Crippen molar-refractivity contribution in [1.29, 1.82) is 0 Å². The maximum absolute atomic E-state index is 5.99. The van der Waals surface area contributed by atoms with E-state index < -0.39 is 0 Å². The van der Waals surface area contributed by atoms with E-state index in [0.29, 0.717) is 0 Å². The fraction of sp³-hybridized carbons (Fsp3) is 0.500. The molecule has 2 heterocycles. The maximum atomic E-state index is 5.99. The Balaban J connectivity index is 2.27. The Kier molecular flexibility index (Phi) is 3.28. The van der Waals surface area contributed by atoms with Gasteiger partial charge in [-0.05, 0) is 13.3 Å². The summed E-state index contributed by atoms with van der Waals surface area (Å²) >= 11 is 0. The molecule has 0 radical (unpaired) electrons. The summed E-state index contributed by atoms with van der Waals surface area (Å²) in [6, 6.07) is 1.84. The van der Waals surface area contributed by atoms with Crippen molar-refractivity contribution in [2.45, 2.75) is 32.7 Å². The van der Waals surface area contributed by atoms with Crippen molar-refractivity contribution in [3.63, 3.8) is 0 Å². The van der Waals surface area contributed by atoms with Crippen LogP contribution in [0.5, 0.6) is 0 Å². The van der Waals surface area contributed by atoms with E-state index >= 15 is 0 Å². The van der Waals surface area contributed by atoms with Gasteiger partial charge in [0.25, 0.3) is 0 Å². The molecular formula is C12H18N4O. The molecular weight excluding hydrogens is 216 g/mol. The van der Waals surface area contributed by atoms with E-state index in [2.05, 4.69) is 17.2 Å². The molecule has 0 aromatic carbocycles. The number of rotatable bonds is 4. The van der Waals surface area contributed by atoms with Crippen molar-refractivity contribution in [3.8, 4) is 11.3 Å². The van der Waals surface area contributed by atoms with Crippen LogP contribution in [0, 0.1) is 6.92 Å². The lowest BCUT2D eigenvalue weighted by Crippen LogP contribution is -2.08. The second-order valence-electron chi connectivity index (χ2n) is 4.28. The average Bonchev–Trinajstić information content (AvgIpc) is 2.88. The van der Waals surface area contributed by atoms with Crippen molar-refractivity contribution in [2.24, 2.45) is 12.8 Å². The predicted octanol–water partition coefficient (Wildman–Crippen LogP) is 2.18. The van der Waals surface area contributed by atoms with Gasteiger partial charge in [0.05, 0.1) is 12.2 Å². The normalized spacial score (nSPS) is 12.9. The highest BCUT2D eigenvalue weighted by Crippen LogP contribution is 2.25. The van der Waals surface area contributed by atoms with Crippen LogP contribution in [0.1, 0.15) is 37.3 Å². The zero-order valence-electron chi connectivity index (χ0n) is 10.5. The molecule has 0 saturated heterocycles. The maximum Gasteiger partial charge on any atom is 0.154 e. The van der Waals surface area contributed by atoms with Gasteiger partial charge >= 0.3 is 0 Å². The van der Waals surface area contributed by atoms with Gasteiger partial charge in [0, 0.05) is 24.4 Å². The van der Waals surface area contributed by atoms with Gasteiger partial charge in [-0.2, -0.15) is 5.10 Å². The Morgan fingerprint density at radius 3 is 2.88 bits per heavy atom. The third-order valence-electron chi connectivity index (χ3n) is 3.00. The van der Waals surface area contributed by atoms with Crippen molar-refractivity contribution in [2.75, 3.05) is 0 Å². The van der Waals surface area contributed by atoms with Crippen LogP contribution in [0.4, 0.5) is 0 Å². The molecule has 0 aliphatic rings. The van der Waals surface area contributed by atoms with Gasteiger partial charge in [-0.25, -0.2) is 0 Å². The minimum atomic E-state index is -0.0711. The Morgan fingerprint density at radius 2 is 2.29 bits per heavy atom. The molecule has 2 aromatic rings. The molecule has 0 spiro atoms. The minimum absolute atomic E-state index is 0.0711. The van der Waals surface area contributed by atoms with E-state index in [1.54, 1.807) is 6.20 Å². The van der Waals surface area contributed by atoms with Crippen LogP contribution >= 0.6 is 0 Å². The van der Waals surface area contributed by atoms with Crippen molar-refractivity contribution < 1.29 is 4.52 Å². The van der Waals surface area contributed by atoms with Gasteiger partial charge in [-0.15, -0.1) is 0 Å². The van der Waals surface area contributed by atoms with Crippen LogP contribution in [0.15, 0.2) is 16.8 Å². The molecule has 0 amide bonds. The number of nitrogens with zero attached hydrogens (tertiary/aromatic N) is 3. The van der Waals surface area contributed by atoms with E-state index in [1.165, 1.54) is 0 Å². The lowest BCUT2D eigenvalue weighted by Gasteiger charge is -2.03. The van der Waals surface area contributed by atoms with Gasteiger partial charge < -0.3 is 10.3 Å². The summed E-state index contributed by atoms with van der Waals surface area (Å²) in [5.41, 5.74) is 8.84. The highest BCUT2D eigenvalue weighted by atomic mass is 16.5. The summed E-state index contributed by atoms with van der Waals surface area (Å²) in [5, 5.41) is 8.24. The smallest absolute Gasteiger partial charge is 0.154 e. The number of hydrogen-bond acceptors (Lipinski definition) is 4. The van der Waals surface area contributed by atoms with Gasteiger partial charge in [0.15, 0.2) is 5.76 Å². The van der Waals surface area contributed by atoms with E-state index in [0.717, 1.165) is 35.6 Å². The van der Waals surface area contributed by atoms with E-state index in [1.807, 2.05) is 24.7 Å². The largest absolute Gasteiger partial charge is 0.359 e. The summed E-state index contributed by atoms with van der Waals surface area (Å²) in [6.45, 7) is 4.10. The van der Waals surface area contributed by atoms with Crippen molar-refractivity contribution >= 4 is 0 Å². The molecule has 2 rings (SSSR count). The summed E-state index contributed by atoms with van der Waals surface area (Å²) in [4.78, 5) is 0. The third-order valence-corrected chi connectivity index (χ3v) is 3.00. The zero-order chi connectivity index (χ0) is 12.4. The number of aryl methyl sites for hydroxylation is 1. The van der Waals surface area contributed by atoms with Crippen molar-refractivity contribution in [3.05, 3.63) is 23.7 Å². The van der Waals surface area contributed by atoms with E-state index in [4.69, 9.17) is 10.3 Å². The highest BCUT2D eigenvalue weighted by molar-refractivity contribution is 5.60. The quantitative estimate of drug-likeness (QED) is 0.880. The molecule has 2 N–H and O–H groups in total. The minimum Gasteiger partial charge on any atom is -0.359 e. The molecule has 1 unspecified atom stereocenters. The van der Waals surface area contributed by atoms with E-state index in [-0.39, 0.29) is 6.04 Å². The molecule has 0 saturated carbocycles. The lowest BCUT2D eigenvalue weighted by atomic mass is 10.1. The molecule has 5 heteroatoms. The Hall–Kier alpha value is -1.62. The van der Waals surface area contributed by atoms with Crippen LogP contribution in [-0.4, -0.2) is 14.9 Å². The molecule has 5 nitrogen and oxygen atoms in total. The molecule has 92 valence electrons. The Morgan fingerprint density at radius 1 is 1.53 bits per heavy atom. The lowest BCUT2D eigenvalue weighted by molar-refractivity contribution is 0.356. The number of nitrogens with two attached hydrogens (primary N) is 1. The Labute approximate surface area is 101 Å². The van der Waals surface area contributed by atoms with Gasteiger partial charge in [-0.3, -0.25) is 4.68 Å². The molecule has 0 aliphatic heterocycles. The fourth-order valence-electron chi connectivity index (χ4n) is 1.79. The monoisotopic (exact) mass is 234 g/mol. The first-order valence-electron chi connectivity index (χ1n) is 5.84. The highest BCUT2D eigenvalue weighted by Gasteiger charge is 2.15. The van der Waals surface area contributed by atoms with Crippen LogP contribution in [0.3, 0.4) is 0 Å². The fourth-order valence-corrected chi connectivity index (χ4v) is 1.79. The van der Waals surface area contributed by atoms with E-state index in [9.17, 15) is 0 Å². The predicted molar refractivity (Wildman–Crippen MR) is 65.3 cm³/mol. The summed E-state index contributed by atoms with van der Waals surface area (Å²) in [5.74, 6) is 0.741. The molecule has 0 aliphatic carbocycles. The zero-order valence-corrected chi connectivity index (χ0v) is 10.5. The molecule has 0 bridgehead atoms. The standard InChI is InChI=1S/C12H18N4O/c1-4-5-10(13)12-6-11(15-17-12)9-7-14-16(3)8(9)2/h6-7,10H,4-5,13H2,1-3H3. The second-order valence-corrected chi connectivity index (χ2v) is 4.28. The third kappa shape index (κ3) is 2.24. The van der Waals surface area contributed by atoms with Gasteiger partial charge in [-0.1, -0.05) is 18.5 Å². The summed E-state index contributed by atoms with van der Waals surface area (Å²) in [7, 11) is 1.91. The first kappa shape index (κ1) is 11.9. The van der Waals surface area contributed by atoms with Crippen LogP contribution in [0.2, 0.25) is 0 Å². The number of aromatic nitrogens is 3. The first-order valence-corrected chi connectivity index (χ1v) is 5.84. The van der Waals surface area contributed by atoms with Gasteiger partial charge in [0.2, 0.25) is 0 Å². The second kappa shape index (κ2) is 4.71.